The van der Waals surface area contributed by atoms with Crippen LogP contribution in [0, 0.1) is 0 Å². The number of anilines is 1. The van der Waals surface area contributed by atoms with Gasteiger partial charge >= 0.3 is 12.2 Å². The maximum absolute atomic E-state index is 10.8. The van der Waals surface area contributed by atoms with Crippen molar-refractivity contribution in [3.05, 3.63) is 29.3 Å². The van der Waals surface area contributed by atoms with Gasteiger partial charge in [-0.3, -0.25) is 5.32 Å². The fourth-order valence-corrected chi connectivity index (χ4v) is 0.894. The SMILES string of the molecule is NC(=O)OC(=O)Nc1ccc(Cl)cc1. The van der Waals surface area contributed by atoms with Gasteiger partial charge in [-0.2, -0.15) is 0 Å². The summed E-state index contributed by atoms with van der Waals surface area (Å²) in [7, 11) is 0. The van der Waals surface area contributed by atoms with Crippen LogP contribution in [0.15, 0.2) is 24.3 Å². The third-order valence-corrected chi connectivity index (χ3v) is 1.54. The van der Waals surface area contributed by atoms with Crippen LogP contribution in [0.5, 0.6) is 0 Å². The number of nitrogens with two attached hydrogens (primary N) is 1. The number of carbonyl (C=O) groups excluding carboxylic acids is 2. The van der Waals surface area contributed by atoms with Gasteiger partial charge in [0, 0.05) is 10.7 Å². The van der Waals surface area contributed by atoms with Crippen molar-refractivity contribution in [2.24, 2.45) is 5.73 Å². The minimum absolute atomic E-state index is 0.459. The van der Waals surface area contributed by atoms with Crippen LogP contribution in [0.4, 0.5) is 15.3 Å². The van der Waals surface area contributed by atoms with Gasteiger partial charge in [-0.25, -0.2) is 9.59 Å². The second-order valence-corrected chi connectivity index (χ2v) is 2.78. The van der Waals surface area contributed by atoms with Crippen LogP contribution in [-0.4, -0.2) is 12.2 Å². The van der Waals surface area contributed by atoms with Gasteiger partial charge in [-0.15, -0.1) is 0 Å². The lowest BCUT2D eigenvalue weighted by atomic mass is 10.3. The fraction of sp³-hybridized carbons (Fsp3) is 0. The minimum atomic E-state index is -1.16. The highest BCUT2D eigenvalue weighted by Gasteiger charge is 2.05. The van der Waals surface area contributed by atoms with Crippen molar-refractivity contribution in [1.29, 1.82) is 0 Å². The van der Waals surface area contributed by atoms with Crippen LogP contribution in [0.1, 0.15) is 0 Å². The standard InChI is InChI=1S/C8H7ClN2O3/c9-5-1-3-6(4-2-5)11-8(13)14-7(10)12/h1-4H,(H2,10,12)(H,11,13). The van der Waals surface area contributed by atoms with Crippen LogP contribution in [0.25, 0.3) is 0 Å². The molecule has 0 atom stereocenters. The van der Waals surface area contributed by atoms with E-state index in [1.165, 1.54) is 0 Å². The quantitative estimate of drug-likeness (QED) is 0.702. The van der Waals surface area contributed by atoms with Crippen LogP contribution >= 0.6 is 11.6 Å². The number of nitrogens with one attached hydrogen (secondary N) is 1. The van der Waals surface area contributed by atoms with Crippen molar-refractivity contribution in [2.45, 2.75) is 0 Å². The third-order valence-electron chi connectivity index (χ3n) is 1.28. The molecule has 0 aliphatic heterocycles. The zero-order chi connectivity index (χ0) is 10.6. The molecule has 0 aliphatic carbocycles. The summed E-state index contributed by atoms with van der Waals surface area (Å²) in [5.74, 6) is 0. The van der Waals surface area contributed by atoms with Crippen molar-refractivity contribution in [3.8, 4) is 0 Å². The number of benzene rings is 1. The lowest BCUT2D eigenvalue weighted by molar-refractivity contribution is 0.167. The molecule has 0 saturated heterocycles. The molecule has 0 unspecified atom stereocenters. The zero-order valence-electron chi connectivity index (χ0n) is 6.99. The van der Waals surface area contributed by atoms with Crippen molar-refractivity contribution >= 4 is 29.5 Å². The Kier molecular flexibility index (Phi) is 3.30. The number of hydrogen-bond acceptors (Lipinski definition) is 3. The molecule has 14 heavy (non-hydrogen) atoms. The molecule has 1 aromatic carbocycles. The topological polar surface area (TPSA) is 81.4 Å². The molecule has 0 saturated carbocycles. The predicted molar refractivity (Wildman–Crippen MR) is 51.1 cm³/mol. The van der Waals surface area contributed by atoms with E-state index in [0.29, 0.717) is 10.7 Å². The van der Waals surface area contributed by atoms with Gasteiger partial charge in [0.15, 0.2) is 0 Å². The Morgan fingerprint density at radius 3 is 2.36 bits per heavy atom. The van der Waals surface area contributed by atoms with E-state index in [2.05, 4.69) is 15.8 Å². The Morgan fingerprint density at radius 2 is 1.86 bits per heavy atom. The summed E-state index contributed by atoms with van der Waals surface area (Å²) in [5.41, 5.74) is 5.09. The Hall–Kier alpha value is -1.75. The number of ether oxygens (including phenoxy) is 1. The van der Waals surface area contributed by atoms with Gasteiger partial charge < -0.3 is 10.5 Å². The van der Waals surface area contributed by atoms with E-state index >= 15 is 0 Å². The summed E-state index contributed by atoms with van der Waals surface area (Å²) in [5, 5.41) is 2.82. The molecule has 1 aromatic rings. The maximum atomic E-state index is 10.8. The van der Waals surface area contributed by atoms with Gasteiger partial charge in [0.1, 0.15) is 0 Å². The predicted octanol–water partition coefficient (Wildman–Crippen LogP) is 1.97. The molecule has 0 bridgehead atoms. The van der Waals surface area contributed by atoms with Crippen LogP contribution in [0.2, 0.25) is 5.02 Å². The monoisotopic (exact) mass is 214 g/mol. The largest absolute Gasteiger partial charge is 0.420 e. The molecule has 1 rings (SSSR count). The molecule has 0 heterocycles. The summed E-state index contributed by atoms with van der Waals surface area (Å²) in [4.78, 5) is 21.0. The second-order valence-electron chi connectivity index (χ2n) is 2.34. The van der Waals surface area contributed by atoms with E-state index < -0.39 is 12.2 Å². The number of hydrogen-bond donors (Lipinski definition) is 2. The molecule has 6 heteroatoms. The second kappa shape index (κ2) is 4.48. The Labute approximate surface area is 84.8 Å². The first-order chi connectivity index (χ1) is 6.58. The number of primary amides is 1. The maximum Gasteiger partial charge on any atom is 0.420 e. The van der Waals surface area contributed by atoms with E-state index in [0.717, 1.165) is 0 Å². The highest BCUT2D eigenvalue weighted by Crippen LogP contribution is 2.13. The minimum Gasteiger partial charge on any atom is -0.359 e. The molecule has 2 amide bonds. The molecule has 74 valence electrons. The average molecular weight is 215 g/mol. The van der Waals surface area contributed by atoms with Crippen molar-refractivity contribution in [2.75, 3.05) is 5.32 Å². The molecule has 0 spiro atoms. The van der Waals surface area contributed by atoms with Gasteiger partial charge in [0.05, 0.1) is 0 Å². The van der Waals surface area contributed by atoms with Crippen molar-refractivity contribution in [3.63, 3.8) is 0 Å². The lowest BCUT2D eigenvalue weighted by Crippen LogP contribution is -2.22. The summed E-state index contributed by atoms with van der Waals surface area (Å²) in [6.07, 6.45) is -2.09. The zero-order valence-corrected chi connectivity index (χ0v) is 7.75. The number of carbonyl (C=O) groups is 2. The molecular weight excluding hydrogens is 208 g/mol. The molecule has 0 fully saturated rings. The van der Waals surface area contributed by atoms with Crippen LogP contribution < -0.4 is 11.1 Å². The van der Waals surface area contributed by atoms with Gasteiger partial charge in [0.25, 0.3) is 0 Å². The Balaban J connectivity index is 2.56. The molecule has 3 N–H and O–H groups in total. The number of rotatable bonds is 1. The van der Waals surface area contributed by atoms with Crippen LogP contribution in [0.3, 0.4) is 0 Å². The third kappa shape index (κ3) is 3.32. The number of amides is 2. The smallest absolute Gasteiger partial charge is 0.359 e. The normalized spacial score (nSPS) is 9.21. The highest BCUT2D eigenvalue weighted by atomic mass is 35.5. The summed E-state index contributed by atoms with van der Waals surface area (Å²) in [6, 6.07) is 6.29. The molecule has 0 aliphatic rings. The van der Waals surface area contributed by atoms with E-state index in [4.69, 9.17) is 11.6 Å². The summed E-state index contributed by atoms with van der Waals surface area (Å²) >= 11 is 5.61. The lowest BCUT2D eigenvalue weighted by Gasteiger charge is -2.02. The van der Waals surface area contributed by atoms with Crippen molar-refractivity contribution < 1.29 is 14.3 Å². The van der Waals surface area contributed by atoms with Gasteiger partial charge in [-0.1, -0.05) is 11.6 Å². The fourth-order valence-electron chi connectivity index (χ4n) is 0.768. The van der Waals surface area contributed by atoms with E-state index in [1.54, 1.807) is 24.3 Å². The first-order valence-electron chi connectivity index (χ1n) is 3.62. The van der Waals surface area contributed by atoms with E-state index in [-0.39, 0.29) is 0 Å². The van der Waals surface area contributed by atoms with Crippen LogP contribution in [-0.2, 0) is 4.74 Å². The highest BCUT2D eigenvalue weighted by molar-refractivity contribution is 6.30. The molecule has 0 aromatic heterocycles. The Bertz CT molecular complexity index is 350. The number of halogens is 1. The molecular formula is C8H7ClN2O3. The first-order valence-corrected chi connectivity index (χ1v) is 3.99. The van der Waals surface area contributed by atoms with Gasteiger partial charge in [-0.05, 0) is 24.3 Å². The van der Waals surface area contributed by atoms with Gasteiger partial charge in [0.2, 0.25) is 0 Å². The van der Waals surface area contributed by atoms with Crippen molar-refractivity contribution in [1.82, 2.24) is 0 Å². The first kappa shape index (κ1) is 10.3. The molecule has 0 radical (unpaired) electrons. The Morgan fingerprint density at radius 1 is 1.29 bits per heavy atom. The summed E-state index contributed by atoms with van der Waals surface area (Å²) in [6.45, 7) is 0. The average Bonchev–Trinajstić information content (AvgIpc) is 2.07. The van der Waals surface area contributed by atoms with E-state index in [1.807, 2.05) is 0 Å². The summed E-state index contributed by atoms with van der Waals surface area (Å²) < 4.78 is 4.04. The molecule has 5 nitrogen and oxygen atoms in total. The van der Waals surface area contributed by atoms with E-state index in [9.17, 15) is 9.59 Å².